The smallest absolute Gasteiger partial charge is 0.227 e. The maximum Gasteiger partial charge on any atom is 0.227 e. The van der Waals surface area contributed by atoms with Crippen LogP contribution in [-0.4, -0.2) is 32.0 Å². The topological polar surface area (TPSA) is 61.4 Å². The number of hydrogen-bond donors (Lipinski definition) is 2. The van der Waals surface area contributed by atoms with Crippen LogP contribution in [0.2, 0.25) is 0 Å². The van der Waals surface area contributed by atoms with E-state index < -0.39 is 0 Å². The van der Waals surface area contributed by atoms with Crippen molar-refractivity contribution in [2.24, 2.45) is 11.8 Å². The number of amides is 2. The average Bonchev–Trinajstić information content (AvgIpc) is 2.35. The van der Waals surface area contributed by atoms with Crippen molar-refractivity contribution in [3.8, 4) is 0 Å². The van der Waals surface area contributed by atoms with Gasteiger partial charge in [-0.25, -0.2) is 0 Å². The molecule has 0 bridgehead atoms. The van der Waals surface area contributed by atoms with E-state index in [4.69, 9.17) is 0 Å². The van der Waals surface area contributed by atoms with Gasteiger partial charge in [-0.1, -0.05) is 13.0 Å². The summed E-state index contributed by atoms with van der Waals surface area (Å²) >= 11 is 0. The molecule has 1 fully saturated rings. The van der Waals surface area contributed by atoms with Crippen molar-refractivity contribution in [2.75, 3.05) is 30.4 Å². The predicted molar refractivity (Wildman–Crippen MR) is 79.7 cm³/mol. The molecule has 1 aromatic rings. The number of hydrogen-bond acceptors (Lipinski definition) is 3. The van der Waals surface area contributed by atoms with Gasteiger partial charge < -0.3 is 15.5 Å². The van der Waals surface area contributed by atoms with Crippen molar-refractivity contribution in [1.29, 1.82) is 0 Å². The van der Waals surface area contributed by atoms with E-state index in [1.54, 1.807) is 11.9 Å². The van der Waals surface area contributed by atoms with Crippen LogP contribution in [0.25, 0.3) is 0 Å². The third-order valence-corrected chi connectivity index (χ3v) is 3.91. The van der Waals surface area contributed by atoms with Gasteiger partial charge in [-0.2, -0.15) is 0 Å². The molecule has 1 heterocycles. The Morgan fingerprint density at radius 3 is 2.65 bits per heavy atom. The number of nitrogens with zero attached hydrogens (tertiary/aromatic N) is 1. The molecule has 0 aliphatic carbocycles. The van der Waals surface area contributed by atoms with Crippen molar-refractivity contribution in [3.05, 3.63) is 24.3 Å². The van der Waals surface area contributed by atoms with Crippen molar-refractivity contribution >= 4 is 23.2 Å². The highest BCUT2D eigenvalue weighted by atomic mass is 16.2. The third kappa shape index (κ3) is 3.17. The Hall–Kier alpha value is -1.88. The van der Waals surface area contributed by atoms with Gasteiger partial charge in [0.2, 0.25) is 11.8 Å². The molecule has 0 saturated carbocycles. The summed E-state index contributed by atoms with van der Waals surface area (Å²) in [5.74, 6) is 0.394. The molecule has 1 aliphatic heterocycles. The van der Waals surface area contributed by atoms with Crippen molar-refractivity contribution in [3.63, 3.8) is 0 Å². The normalized spacial score (nSPS) is 16.1. The van der Waals surface area contributed by atoms with E-state index in [-0.39, 0.29) is 17.7 Å². The quantitative estimate of drug-likeness (QED) is 0.874. The Bertz CT molecular complexity index is 512. The van der Waals surface area contributed by atoms with Crippen LogP contribution in [-0.2, 0) is 9.59 Å². The second-order valence-electron chi connectivity index (χ2n) is 5.32. The maximum atomic E-state index is 12.1. The highest BCUT2D eigenvalue weighted by Gasteiger charge is 2.28. The minimum atomic E-state index is -0.0395. The Labute approximate surface area is 119 Å². The summed E-state index contributed by atoms with van der Waals surface area (Å²) in [6.07, 6.45) is 0. The van der Waals surface area contributed by atoms with E-state index in [2.05, 4.69) is 10.6 Å². The fourth-order valence-electron chi connectivity index (χ4n) is 2.11. The van der Waals surface area contributed by atoms with Gasteiger partial charge >= 0.3 is 0 Å². The lowest BCUT2D eigenvalue weighted by Crippen LogP contribution is -2.48. The SMILES string of the molecule is CC(=O)N(C)c1cccc(NC(=O)C(C)C2CNC2)c1. The summed E-state index contributed by atoms with van der Waals surface area (Å²) in [4.78, 5) is 25.0. The van der Waals surface area contributed by atoms with Crippen LogP contribution < -0.4 is 15.5 Å². The molecule has 0 spiro atoms. The Kier molecular flexibility index (Phi) is 4.39. The standard InChI is InChI=1S/C15H21N3O2/c1-10(12-8-16-9-12)15(20)17-13-5-4-6-14(7-13)18(3)11(2)19/h4-7,10,12,16H,8-9H2,1-3H3,(H,17,20). The van der Waals surface area contributed by atoms with Crippen LogP contribution in [0.5, 0.6) is 0 Å². The molecule has 1 unspecified atom stereocenters. The first kappa shape index (κ1) is 14.5. The molecule has 2 amide bonds. The average molecular weight is 275 g/mol. The molecule has 2 N–H and O–H groups in total. The number of benzene rings is 1. The second-order valence-corrected chi connectivity index (χ2v) is 5.32. The molecule has 0 aromatic heterocycles. The van der Waals surface area contributed by atoms with Gasteiger partial charge in [0.15, 0.2) is 0 Å². The second kappa shape index (κ2) is 6.05. The van der Waals surface area contributed by atoms with Gasteiger partial charge in [-0.3, -0.25) is 9.59 Å². The van der Waals surface area contributed by atoms with Crippen LogP contribution in [0.1, 0.15) is 13.8 Å². The van der Waals surface area contributed by atoms with Gasteiger partial charge in [-0.05, 0) is 37.2 Å². The van der Waals surface area contributed by atoms with E-state index in [9.17, 15) is 9.59 Å². The van der Waals surface area contributed by atoms with Crippen LogP contribution in [0.4, 0.5) is 11.4 Å². The van der Waals surface area contributed by atoms with E-state index >= 15 is 0 Å². The summed E-state index contributed by atoms with van der Waals surface area (Å²) in [6.45, 7) is 5.27. The van der Waals surface area contributed by atoms with Gasteiger partial charge in [0.05, 0.1) is 0 Å². The van der Waals surface area contributed by atoms with Crippen molar-refractivity contribution in [2.45, 2.75) is 13.8 Å². The molecular formula is C15H21N3O2. The Morgan fingerprint density at radius 2 is 2.10 bits per heavy atom. The third-order valence-electron chi connectivity index (χ3n) is 3.91. The molecule has 0 radical (unpaired) electrons. The van der Waals surface area contributed by atoms with Gasteiger partial charge in [0.1, 0.15) is 0 Å². The summed E-state index contributed by atoms with van der Waals surface area (Å²) in [7, 11) is 1.71. The monoisotopic (exact) mass is 275 g/mol. The first-order chi connectivity index (χ1) is 9.49. The lowest BCUT2D eigenvalue weighted by molar-refractivity contribution is -0.121. The molecule has 5 nitrogen and oxygen atoms in total. The zero-order valence-electron chi connectivity index (χ0n) is 12.1. The summed E-state index contributed by atoms with van der Waals surface area (Å²) < 4.78 is 0. The predicted octanol–water partition coefficient (Wildman–Crippen LogP) is 1.46. The van der Waals surface area contributed by atoms with Crippen LogP contribution in [0.15, 0.2) is 24.3 Å². The summed E-state index contributed by atoms with van der Waals surface area (Å²) in [6, 6.07) is 7.32. The number of anilines is 2. The van der Waals surface area contributed by atoms with Crippen molar-refractivity contribution in [1.82, 2.24) is 5.32 Å². The molecule has 1 atom stereocenters. The first-order valence-corrected chi connectivity index (χ1v) is 6.85. The highest BCUT2D eigenvalue weighted by molar-refractivity contribution is 5.95. The highest BCUT2D eigenvalue weighted by Crippen LogP contribution is 2.21. The molecule has 1 saturated heterocycles. The molecule has 20 heavy (non-hydrogen) atoms. The van der Waals surface area contributed by atoms with Crippen molar-refractivity contribution < 1.29 is 9.59 Å². The van der Waals surface area contributed by atoms with Crippen LogP contribution in [0, 0.1) is 11.8 Å². The summed E-state index contributed by atoms with van der Waals surface area (Å²) in [5, 5.41) is 6.09. The number of carbonyl (C=O) groups excluding carboxylic acids is 2. The molecule has 2 rings (SSSR count). The zero-order valence-corrected chi connectivity index (χ0v) is 12.1. The van der Waals surface area contributed by atoms with E-state index in [0.717, 1.165) is 24.5 Å². The number of carbonyl (C=O) groups is 2. The van der Waals surface area contributed by atoms with Gasteiger partial charge in [0, 0.05) is 31.3 Å². The molecule has 5 heteroatoms. The fraction of sp³-hybridized carbons (Fsp3) is 0.467. The van der Waals surface area contributed by atoms with E-state index in [0.29, 0.717) is 5.92 Å². The lowest BCUT2D eigenvalue weighted by atomic mass is 9.88. The van der Waals surface area contributed by atoms with E-state index in [1.165, 1.54) is 6.92 Å². The molecule has 108 valence electrons. The Morgan fingerprint density at radius 1 is 1.40 bits per heavy atom. The summed E-state index contributed by atoms with van der Waals surface area (Å²) in [5.41, 5.74) is 1.49. The fourth-order valence-corrected chi connectivity index (χ4v) is 2.11. The minimum Gasteiger partial charge on any atom is -0.326 e. The minimum absolute atomic E-state index is 0.00885. The Balaban J connectivity index is 2.03. The van der Waals surface area contributed by atoms with Gasteiger partial charge in [0.25, 0.3) is 0 Å². The number of nitrogens with one attached hydrogen (secondary N) is 2. The first-order valence-electron chi connectivity index (χ1n) is 6.85. The lowest BCUT2D eigenvalue weighted by Gasteiger charge is -2.31. The molecule has 1 aromatic carbocycles. The maximum absolute atomic E-state index is 12.1. The van der Waals surface area contributed by atoms with Crippen LogP contribution >= 0.6 is 0 Å². The molecular weight excluding hydrogens is 254 g/mol. The largest absolute Gasteiger partial charge is 0.326 e. The molecule has 1 aliphatic rings. The van der Waals surface area contributed by atoms with E-state index in [1.807, 2.05) is 31.2 Å². The van der Waals surface area contributed by atoms with Gasteiger partial charge in [-0.15, -0.1) is 0 Å². The zero-order chi connectivity index (χ0) is 14.7. The van der Waals surface area contributed by atoms with Crippen LogP contribution in [0.3, 0.4) is 0 Å². The number of rotatable bonds is 4.